The smallest absolute Gasteiger partial charge is 0.253 e. The predicted molar refractivity (Wildman–Crippen MR) is 91.7 cm³/mol. The molecular formula is C14H22Cl4N2O2. The van der Waals surface area contributed by atoms with Crippen LogP contribution in [0.2, 0.25) is 0 Å². The minimum Gasteiger partial charge on any atom is -0.353 e. The molecular weight excluding hydrogens is 370 g/mol. The van der Waals surface area contributed by atoms with Crippen molar-refractivity contribution in [3.8, 4) is 0 Å². The number of halogens is 4. The van der Waals surface area contributed by atoms with Crippen LogP contribution < -0.4 is 10.6 Å². The molecule has 0 saturated heterocycles. The Kier molecular flexibility index (Phi) is 7.12. The van der Waals surface area contributed by atoms with Crippen molar-refractivity contribution >= 4 is 58.2 Å². The summed E-state index contributed by atoms with van der Waals surface area (Å²) in [5, 5.41) is 5.63. The Bertz CT molecular complexity index is 429. The van der Waals surface area contributed by atoms with Gasteiger partial charge in [-0.1, -0.05) is 67.2 Å². The van der Waals surface area contributed by atoms with E-state index in [0.29, 0.717) is 6.54 Å². The maximum Gasteiger partial charge on any atom is 0.253 e. The lowest BCUT2D eigenvalue weighted by Crippen LogP contribution is -2.51. The molecule has 2 N–H and O–H groups in total. The molecule has 8 heteroatoms. The average molecular weight is 392 g/mol. The number of rotatable bonds is 5. The summed E-state index contributed by atoms with van der Waals surface area (Å²) in [6, 6.07) is -0.0408. The van der Waals surface area contributed by atoms with Gasteiger partial charge in [0.05, 0.1) is 0 Å². The van der Waals surface area contributed by atoms with Gasteiger partial charge in [0.25, 0.3) is 11.8 Å². The van der Waals surface area contributed by atoms with Crippen LogP contribution in [0.15, 0.2) is 0 Å². The van der Waals surface area contributed by atoms with Crippen molar-refractivity contribution in [3.63, 3.8) is 0 Å². The molecule has 1 saturated carbocycles. The van der Waals surface area contributed by atoms with E-state index in [4.69, 9.17) is 46.4 Å². The Labute approximate surface area is 151 Å². The van der Waals surface area contributed by atoms with Crippen LogP contribution in [0, 0.1) is 10.8 Å². The lowest BCUT2D eigenvalue weighted by Gasteiger charge is -2.47. The van der Waals surface area contributed by atoms with Crippen molar-refractivity contribution in [2.45, 2.75) is 55.7 Å². The molecule has 2 amide bonds. The van der Waals surface area contributed by atoms with Gasteiger partial charge in [0.1, 0.15) is 0 Å². The molecule has 22 heavy (non-hydrogen) atoms. The van der Waals surface area contributed by atoms with Gasteiger partial charge in [-0.05, 0) is 30.1 Å². The second-order valence-electron chi connectivity index (χ2n) is 7.08. The highest BCUT2D eigenvalue weighted by molar-refractivity contribution is 6.53. The minimum atomic E-state index is -1.08. The maximum atomic E-state index is 11.7. The van der Waals surface area contributed by atoms with Gasteiger partial charge in [-0.3, -0.25) is 9.59 Å². The number of carbonyl (C=O) groups is 2. The molecule has 0 bridgehead atoms. The molecule has 0 radical (unpaired) electrons. The first-order chi connectivity index (χ1) is 9.94. The van der Waals surface area contributed by atoms with Crippen LogP contribution in [-0.4, -0.2) is 34.1 Å². The summed E-state index contributed by atoms with van der Waals surface area (Å²) in [5.41, 5.74) is -0.155. The van der Waals surface area contributed by atoms with Crippen molar-refractivity contribution in [3.05, 3.63) is 0 Å². The van der Waals surface area contributed by atoms with Gasteiger partial charge in [0.2, 0.25) is 0 Å². The van der Waals surface area contributed by atoms with E-state index >= 15 is 0 Å². The minimum absolute atomic E-state index is 0.0190. The van der Waals surface area contributed by atoms with E-state index in [0.717, 1.165) is 19.3 Å². The Hall–Kier alpha value is 0.1000. The first-order valence-electron chi connectivity index (χ1n) is 7.08. The molecule has 1 fully saturated rings. The second kappa shape index (κ2) is 7.78. The molecule has 4 nitrogen and oxygen atoms in total. The van der Waals surface area contributed by atoms with Crippen molar-refractivity contribution in [2.24, 2.45) is 10.8 Å². The van der Waals surface area contributed by atoms with E-state index in [1.54, 1.807) is 0 Å². The number of hydrogen-bond acceptors (Lipinski definition) is 2. The van der Waals surface area contributed by atoms with Crippen LogP contribution in [0.3, 0.4) is 0 Å². The fourth-order valence-electron chi connectivity index (χ4n) is 3.51. The van der Waals surface area contributed by atoms with Crippen LogP contribution in [0.25, 0.3) is 0 Å². The Morgan fingerprint density at radius 2 is 1.59 bits per heavy atom. The highest BCUT2D eigenvalue weighted by Crippen LogP contribution is 2.45. The summed E-state index contributed by atoms with van der Waals surface area (Å²) < 4.78 is 0. The molecule has 0 aliphatic heterocycles. The summed E-state index contributed by atoms with van der Waals surface area (Å²) in [6.07, 6.45) is 2.46. The number of carbonyl (C=O) groups excluding carboxylic acids is 2. The standard InChI is InChI=1S/C14H22Cl4N2O2/c1-13(2)4-8(20-12(22)10(17)18)5-14(3,6-13)7-19-11(21)9(15)16/h8-10H,4-7H2,1-3H3,(H,19,21)(H,20,22)/t8-,14+/m1/s1. The lowest BCUT2D eigenvalue weighted by molar-refractivity contribution is -0.122. The number of amides is 2. The molecule has 2 atom stereocenters. The third-order valence-corrected chi connectivity index (χ3v) is 4.67. The fraction of sp³-hybridized carbons (Fsp3) is 0.857. The predicted octanol–water partition coefficient (Wildman–Crippen LogP) is 3.41. The first-order valence-corrected chi connectivity index (χ1v) is 8.83. The van der Waals surface area contributed by atoms with Crippen LogP contribution in [0.1, 0.15) is 40.0 Å². The average Bonchev–Trinajstić information content (AvgIpc) is 2.33. The van der Waals surface area contributed by atoms with Gasteiger partial charge in [-0.2, -0.15) is 0 Å². The number of alkyl halides is 4. The molecule has 1 rings (SSSR count). The highest BCUT2D eigenvalue weighted by atomic mass is 35.5. The highest BCUT2D eigenvalue weighted by Gasteiger charge is 2.42. The second-order valence-corrected chi connectivity index (χ2v) is 9.28. The Morgan fingerprint density at radius 3 is 2.09 bits per heavy atom. The van der Waals surface area contributed by atoms with Crippen LogP contribution in [0.5, 0.6) is 0 Å². The molecule has 0 spiro atoms. The van der Waals surface area contributed by atoms with Crippen molar-refractivity contribution in [1.29, 1.82) is 0 Å². The van der Waals surface area contributed by atoms with Crippen molar-refractivity contribution < 1.29 is 9.59 Å². The summed E-state index contributed by atoms with van der Waals surface area (Å²) in [5.74, 6) is -0.797. The topological polar surface area (TPSA) is 58.2 Å². The molecule has 0 aromatic heterocycles. The van der Waals surface area contributed by atoms with E-state index in [2.05, 4.69) is 31.4 Å². The SMILES string of the molecule is CC1(C)C[C@@H](NC(=O)C(Cl)Cl)C[C@](C)(CNC(=O)C(Cl)Cl)C1. The van der Waals surface area contributed by atoms with Gasteiger partial charge < -0.3 is 10.6 Å². The van der Waals surface area contributed by atoms with Gasteiger partial charge in [-0.15, -0.1) is 0 Å². The summed E-state index contributed by atoms with van der Waals surface area (Å²) >= 11 is 22.3. The molecule has 0 aromatic rings. The largest absolute Gasteiger partial charge is 0.353 e. The molecule has 1 aliphatic carbocycles. The van der Waals surface area contributed by atoms with E-state index in [-0.39, 0.29) is 22.8 Å². The van der Waals surface area contributed by atoms with E-state index in [9.17, 15) is 9.59 Å². The third-order valence-electron chi connectivity index (χ3n) is 3.88. The number of nitrogens with one attached hydrogen (secondary N) is 2. The quantitative estimate of drug-likeness (QED) is 0.705. The van der Waals surface area contributed by atoms with Crippen molar-refractivity contribution in [2.75, 3.05) is 6.54 Å². The molecule has 1 aliphatic rings. The van der Waals surface area contributed by atoms with Gasteiger partial charge in [0, 0.05) is 12.6 Å². The van der Waals surface area contributed by atoms with Crippen LogP contribution in [0.4, 0.5) is 0 Å². The van der Waals surface area contributed by atoms with Crippen molar-refractivity contribution in [1.82, 2.24) is 10.6 Å². The molecule has 128 valence electrons. The zero-order chi connectivity index (χ0) is 17.1. The normalized spacial score (nSPS) is 27.8. The zero-order valence-electron chi connectivity index (χ0n) is 12.9. The summed E-state index contributed by atoms with van der Waals surface area (Å²) in [7, 11) is 0. The fourth-order valence-corrected chi connectivity index (χ4v) is 3.79. The molecule has 0 unspecified atom stereocenters. The van der Waals surface area contributed by atoms with E-state index in [1.807, 2.05) is 0 Å². The van der Waals surface area contributed by atoms with Gasteiger partial charge in [-0.25, -0.2) is 0 Å². The van der Waals surface area contributed by atoms with Gasteiger partial charge >= 0.3 is 0 Å². The first kappa shape index (κ1) is 20.1. The van der Waals surface area contributed by atoms with Crippen LogP contribution in [-0.2, 0) is 9.59 Å². The van der Waals surface area contributed by atoms with Gasteiger partial charge in [0.15, 0.2) is 9.67 Å². The lowest BCUT2D eigenvalue weighted by atomic mass is 9.62. The molecule has 0 aromatic carbocycles. The van der Waals surface area contributed by atoms with E-state index < -0.39 is 15.6 Å². The zero-order valence-corrected chi connectivity index (χ0v) is 15.9. The van der Waals surface area contributed by atoms with E-state index in [1.165, 1.54) is 0 Å². The summed E-state index contributed by atoms with van der Waals surface area (Å²) in [4.78, 5) is 21.1. The Morgan fingerprint density at radius 1 is 1.05 bits per heavy atom. The van der Waals surface area contributed by atoms with Crippen LogP contribution >= 0.6 is 46.4 Å². The Balaban J connectivity index is 2.73. The summed E-state index contributed by atoms with van der Waals surface area (Å²) in [6.45, 7) is 6.79. The maximum absolute atomic E-state index is 11.7. The third kappa shape index (κ3) is 6.31. The number of hydrogen-bond donors (Lipinski definition) is 2. The monoisotopic (exact) mass is 390 g/mol. The molecule has 0 heterocycles.